The van der Waals surface area contributed by atoms with E-state index in [-0.39, 0.29) is 173 Å². The summed E-state index contributed by atoms with van der Waals surface area (Å²) in [6.07, 6.45) is 0. The van der Waals surface area contributed by atoms with E-state index in [9.17, 15) is 0 Å². The molecule has 0 saturated carbocycles. The summed E-state index contributed by atoms with van der Waals surface area (Å²) in [6.45, 7) is 0. The van der Waals surface area contributed by atoms with Crippen LogP contribution in [0.5, 0.6) is 0 Å². The fourth-order valence-electron chi connectivity index (χ4n) is 0. The summed E-state index contributed by atoms with van der Waals surface area (Å²) in [5.74, 6) is 0. The van der Waals surface area contributed by atoms with Crippen LogP contribution in [-0.4, -0.2) is 134 Å². The number of halogens is 1. The Morgan fingerprint density at radius 1 is 1.00 bits per heavy atom. The van der Waals surface area contributed by atoms with E-state index in [1.165, 1.54) is 0 Å². The molecule has 0 amide bonds. The largest absolute Gasteiger partial charge is 0 e. The van der Waals surface area contributed by atoms with Gasteiger partial charge in [0.25, 0.3) is 0 Å². The van der Waals surface area contributed by atoms with E-state index in [0.29, 0.717) is 0 Å². The van der Waals surface area contributed by atoms with Gasteiger partial charge in [0.2, 0.25) is 0 Å². The third-order valence-corrected chi connectivity index (χ3v) is 0. The van der Waals surface area contributed by atoms with Crippen molar-refractivity contribution in [2.45, 2.75) is 0 Å². The van der Waals surface area contributed by atoms with E-state index in [1.54, 1.807) is 0 Å². The van der Waals surface area contributed by atoms with Gasteiger partial charge in [0.05, 0.1) is 0 Å². The predicted molar refractivity (Wildman–Crippen MR) is 34.6 cm³/mol. The van der Waals surface area contributed by atoms with E-state index in [0.717, 1.165) is 0 Å². The molecule has 24 valence electrons. The van der Waals surface area contributed by atoms with E-state index >= 15 is 0 Å². The molecule has 0 fully saturated rings. The molecule has 0 N–H and O–H groups in total. The average Bonchev–Trinajstić information content (AvgIpc) is 0. The monoisotopic (exact) mass is 514 g/mol. The zero-order valence-corrected chi connectivity index (χ0v) is 10.4. The molecule has 0 aromatic heterocycles. The van der Waals surface area contributed by atoms with E-state index in [1.807, 2.05) is 0 Å². The van der Waals surface area contributed by atoms with Crippen LogP contribution in [0.2, 0.25) is 0 Å². The topological polar surface area (TPSA) is 0 Å². The zero-order chi connectivity index (χ0) is 0. The molecule has 0 atom stereocenters. The molecule has 0 spiro atoms. The van der Waals surface area contributed by atoms with Crippen molar-refractivity contribution in [1.29, 1.82) is 0 Å². The van der Waals surface area contributed by atoms with Crippen molar-refractivity contribution < 1.29 is 21.7 Å². The summed E-state index contributed by atoms with van der Waals surface area (Å²) in [6, 6.07) is 0. The van der Waals surface area contributed by atoms with E-state index < -0.39 is 0 Å². The van der Waals surface area contributed by atoms with Gasteiger partial charge in [-0.2, -0.15) is 0 Å². The maximum absolute atomic E-state index is 0. The van der Waals surface area contributed by atoms with Crippen LogP contribution >= 0.6 is 17.0 Å². The van der Waals surface area contributed by atoms with Crippen molar-refractivity contribution in [1.82, 2.24) is 0 Å². The SMILES string of the molecule is Br.[CaH2].[CsH].[PbH2].[Ti]. The minimum absolute atomic E-state index is 0. The number of hydrogen-bond acceptors (Lipinski definition) is 0. The van der Waals surface area contributed by atoms with Gasteiger partial charge in [-0.3, -0.25) is 0 Å². The third kappa shape index (κ3) is 17.7. The third-order valence-electron chi connectivity index (χ3n) is 0. The molecular formula is H6BrCaCsPbTi. The summed E-state index contributed by atoms with van der Waals surface area (Å²) in [4.78, 5) is 0. The number of rotatable bonds is 0. The molecule has 0 aliphatic carbocycles. The molecule has 0 aliphatic heterocycles. The van der Waals surface area contributed by atoms with Gasteiger partial charge in [0.1, 0.15) is 0 Å². The summed E-state index contributed by atoms with van der Waals surface area (Å²) in [5, 5.41) is 0. The molecule has 0 aromatic carbocycles. The van der Waals surface area contributed by atoms with Crippen molar-refractivity contribution in [3.8, 4) is 0 Å². The molecule has 0 aliphatic rings. The fraction of sp³-hybridized carbons (Fsp3) is 0. The van der Waals surface area contributed by atoms with Gasteiger partial charge in [-0.1, -0.05) is 0 Å². The van der Waals surface area contributed by atoms with Crippen LogP contribution in [0.4, 0.5) is 0 Å². The number of hydrogen-bond donors (Lipinski definition) is 0. The van der Waals surface area contributed by atoms with Crippen LogP contribution in [0, 0.1) is 0 Å². The minimum Gasteiger partial charge on any atom is 0 e. The molecule has 0 bridgehead atoms. The van der Waals surface area contributed by atoms with Gasteiger partial charge < -0.3 is 0 Å². The Kier molecular flexibility index (Phi) is 143. The molecule has 0 nitrogen and oxygen atoms in total. The molecule has 5 heavy (non-hydrogen) atoms. The molecule has 0 saturated heterocycles. The first kappa shape index (κ1) is 31.5. The maximum atomic E-state index is 0. The predicted octanol–water partition coefficient (Wildman–Crippen LogP) is -1.91. The Hall–Kier alpha value is 5.43. The van der Waals surface area contributed by atoms with Crippen molar-refractivity contribution in [2.24, 2.45) is 0 Å². The molecule has 0 aromatic rings. The smallest absolute Gasteiger partial charge is 0 e. The summed E-state index contributed by atoms with van der Waals surface area (Å²) >= 11 is 0. The van der Waals surface area contributed by atoms with Gasteiger partial charge in [0, 0.05) is 21.7 Å². The standard InChI is InChI=1S/BrH.Ca.Cs.Pb.Ti.5H/h1H;;;;;;;;;. The van der Waals surface area contributed by atoms with Crippen molar-refractivity contribution in [3.63, 3.8) is 0 Å². The van der Waals surface area contributed by atoms with Gasteiger partial charge in [-0.05, 0) is 0 Å². The Bertz CT molecular complexity index is 11.6. The van der Waals surface area contributed by atoms with Crippen LogP contribution in [0.3, 0.4) is 0 Å². The Labute approximate surface area is 167 Å². The quantitative estimate of drug-likeness (QED) is 0.332. The summed E-state index contributed by atoms with van der Waals surface area (Å²) in [7, 11) is 0. The molecule has 0 heterocycles. The molecule has 5 heteroatoms. The van der Waals surface area contributed by atoms with Crippen LogP contribution in [0.15, 0.2) is 0 Å². The first-order chi connectivity index (χ1) is 0. The molecule has 2 radical (unpaired) electrons. The Balaban J connectivity index is 0. The van der Waals surface area contributed by atoms with Crippen LogP contribution in [0.25, 0.3) is 0 Å². The second-order valence-electron chi connectivity index (χ2n) is 0. The molecule has 0 rings (SSSR count). The maximum Gasteiger partial charge on any atom is 0 e. The van der Waals surface area contributed by atoms with Crippen LogP contribution in [0.1, 0.15) is 0 Å². The Morgan fingerprint density at radius 3 is 1.00 bits per heavy atom. The van der Waals surface area contributed by atoms with Gasteiger partial charge in [-0.25, -0.2) is 0 Å². The van der Waals surface area contributed by atoms with Crippen molar-refractivity contribution in [3.05, 3.63) is 0 Å². The van der Waals surface area contributed by atoms with Gasteiger partial charge in [-0.15, -0.1) is 17.0 Å². The normalized spacial score (nSPS) is 0. The minimum atomic E-state index is 0. The molecule has 0 unspecified atom stereocenters. The van der Waals surface area contributed by atoms with Crippen molar-refractivity contribution >= 4 is 151 Å². The van der Waals surface area contributed by atoms with Gasteiger partial charge >= 0.3 is 134 Å². The summed E-state index contributed by atoms with van der Waals surface area (Å²) in [5.41, 5.74) is 0. The summed E-state index contributed by atoms with van der Waals surface area (Å²) < 4.78 is 0. The van der Waals surface area contributed by atoms with Crippen molar-refractivity contribution in [2.75, 3.05) is 0 Å². The molecular weight excluding hydrogens is 508 g/mol. The van der Waals surface area contributed by atoms with E-state index in [4.69, 9.17) is 0 Å². The van der Waals surface area contributed by atoms with Crippen LogP contribution < -0.4 is 0 Å². The second kappa shape index (κ2) is 22.7. The van der Waals surface area contributed by atoms with Crippen LogP contribution in [-0.2, 0) is 21.7 Å². The first-order valence-electron chi connectivity index (χ1n) is 0. The Morgan fingerprint density at radius 2 is 1.00 bits per heavy atom. The zero-order valence-electron chi connectivity index (χ0n) is 1.62. The van der Waals surface area contributed by atoms with Gasteiger partial charge in [0.15, 0.2) is 0 Å². The fourth-order valence-corrected chi connectivity index (χ4v) is 0. The second-order valence-corrected chi connectivity index (χ2v) is 0. The van der Waals surface area contributed by atoms with E-state index in [2.05, 4.69) is 0 Å². The average molecular weight is 514 g/mol. The first-order valence-corrected chi connectivity index (χ1v) is 0.